The summed E-state index contributed by atoms with van der Waals surface area (Å²) in [4.78, 5) is 1.69. The fourth-order valence-corrected chi connectivity index (χ4v) is 4.58. The van der Waals surface area contributed by atoms with E-state index in [1.165, 1.54) is 33.4 Å². The van der Waals surface area contributed by atoms with Crippen LogP contribution >= 0.6 is 25.3 Å². The van der Waals surface area contributed by atoms with Gasteiger partial charge in [-0.3, -0.25) is 0 Å². The van der Waals surface area contributed by atoms with Crippen molar-refractivity contribution in [3.8, 4) is 11.1 Å². The van der Waals surface area contributed by atoms with Gasteiger partial charge in [0, 0.05) is 4.90 Å². The van der Waals surface area contributed by atoms with Crippen molar-refractivity contribution in [3.05, 3.63) is 125 Å². The topological polar surface area (TPSA) is 0 Å². The lowest BCUT2D eigenvalue weighted by Crippen LogP contribution is -2.29. The highest BCUT2D eigenvalue weighted by molar-refractivity contribution is 7.84. The molecule has 0 radical (unpaired) electrons. The molecule has 0 N–H and O–H groups in total. The predicted octanol–water partition coefficient (Wildman–Crippen LogP) is 7.24. The number of hydrogen-bond acceptors (Lipinski definition) is 2. The molecule has 0 fully saturated rings. The second-order valence-electron chi connectivity index (χ2n) is 6.96. The molecule has 2 heteroatoms. The minimum Gasteiger partial charge on any atom is -0.144 e. The summed E-state index contributed by atoms with van der Waals surface area (Å²) in [7, 11) is 0. The Kier molecular flexibility index (Phi) is 5.09. The van der Waals surface area contributed by atoms with Crippen LogP contribution in [0.4, 0.5) is 0 Å². The molecule has 0 bridgehead atoms. The van der Waals surface area contributed by atoms with Crippen LogP contribution in [0, 0.1) is 0 Å². The van der Waals surface area contributed by atoms with Crippen LogP contribution in [0.25, 0.3) is 11.1 Å². The Bertz CT molecular complexity index is 1060. The maximum atomic E-state index is 4.51. The fourth-order valence-electron chi connectivity index (χ4n) is 4.36. The van der Waals surface area contributed by atoms with Crippen molar-refractivity contribution in [1.82, 2.24) is 0 Å². The highest BCUT2D eigenvalue weighted by Gasteiger charge is 2.46. The number of benzene rings is 3. The monoisotopic (exact) mass is 398 g/mol. The van der Waals surface area contributed by atoms with E-state index in [1.807, 2.05) is 6.08 Å². The van der Waals surface area contributed by atoms with Crippen LogP contribution in [0.3, 0.4) is 0 Å². The zero-order chi connectivity index (χ0) is 19.7. The van der Waals surface area contributed by atoms with Gasteiger partial charge in [-0.25, -0.2) is 0 Å². The van der Waals surface area contributed by atoms with E-state index >= 15 is 0 Å². The van der Waals surface area contributed by atoms with Gasteiger partial charge in [-0.2, -0.15) is 0 Å². The van der Waals surface area contributed by atoms with Crippen molar-refractivity contribution >= 4 is 25.3 Å². The first-order valence-electron chi connectivity index (χ1n) is 9.30. The molecule has 0 saturated carbocycles. The molecule has 0 unspecified atom stereocenters. The van der Waals surface area contributed by atoms with E-state index in [2.05, 4.69) is 124 Å². The number of hydrogen-bond donors (Lipinski definition) is 2. The van der Waals surface area contributed by atoms with Crippen LogP contribution < -0.4 is 0 Å². The molecular weight excluding hydrogens is 376 g/mol. The Morgan fingerprint density at radius 3 is 1.86 bits per heavy atom. The Hall–Kier alpha value is -2.42. The Morgan fingerprint density at radius 1 is 0.821 bits per heavy atom. The number of thiol groups is 2. The SMILES string of the molecule is C=C(S)/C=C\C(=C/C)C1(c2ccc(S)cc2)c2ccccc2-c2ccccc21. The summed E-state index contributed by atoms with van der Waals surface area (Å²) in [5, 5.41) is 0. The van der Waals surface area contributed by atoms with Crippen LogP contribution in [0.2, 0.25) is 0 Å². The zero-order valence-electron chi connectivity index (χ0n) is 15.8. The van der Waals surface area contributed by atoms with Gasteiger partial charge in [-0.1, -0.05) is 79.4 Å². The first-order valence-corrected chi connectivity index (χ1v) is 10.2. The summed E-state index contributed by atoms with van der Waals surface area (Å²) < 4.78 is 0. The van der Waals surface area contributed by atoms with Crippen molar-refractivity contribution in [2.45, 2.75) is 17.2 Å². The van der Waals surface area contributed by atoms with Crippen molar-refractivity contribution in [3.63, 3.8) is 0 Å². The average molecular weight is 399 g/mol. The summed E-state index contributed by atoms with van der Waals surface area (Å²) in [5.74, 6) is 0. The number of rotatable bonds is 4. The third-order valence-electron chi connectivity index (χ3n) is 5.45. The normalized spacial score (nSPS) is 14.8. The van der Waals surface area contributed by atoms with E-state index in [9.17, 15) is 0 Å². The van der Waals surface area contributed by atoms with Crippen molar-refractivity contribution < 1.29 is 0 Å². The lowest BCUT2D eigenvalue weighted by molar-refractivity contribution is 0.764. The molecule has 1 aliphatic rings. The molecule has 28 heavy (non-hydrogen) atoms. The molecule has 138 valence electrons. The van der Waals surface area contributed by atoms with Crippen LogP contribution in [-0.4, -0.2) is 0 Å². The van der Waals surface area contributed by atoms with Crippen LogP contribution in [0.1, 0.15) is 23.6 Å². The molecule has 0 saturated heterocycles. The van der Waals surface area contributed by atoms with Gasteiger partial charge < -0.3 is 0 Å². The first-order chi connectivity index (χ1) is 13.6. The third-order valence-corrected chi connectivity index (χ3v) is 5.90. The summed E-state index contributed by atoms with van der Waals surface area (Å²) in [6.07, 6.45) is 6.31. The molecule has 4 rings (SSSR count). The van der Waals surface area contributed by atoms with Crippen LogP contribution in [0.5, 0.6) is 0 Å². The van der Waals surface area contributed by atoms with Gasteiger partial charge in [0.1, 0.15) is 0 Å². The van der Waals surface area contributed by atoms with Gasteiger partial charge in [-0.15, -0.1) is 25.3 Å². The van der Waals surface area contributed by atoms with Gasteiger partial charge in [-0.05, 0) is 63.4 Å². The molecular formula is C26H22S2. The number of allylic oxidation sites excluding steroid dienone is 4. The molecule has 0 nitrogen and oxygen atoms in total. The highest BCUT2D eigenvalue weighted by atomic mass is 32.1. The van der Waals surface area contributed by atoms with Gasteiger partial charge >= 0.3 is 0 Å². The molecule has 1 aliphatic carbocycles. The largest absolute Gasteiger partial charge is 0.144 e. The van der Waals surface area contributed by atoms with Crippen molar-refractivity contribution in [1.29, 1.82) is 0 Å². The van der Waals surface area contributed by atoms with E-state index in [-0.39, 0.29) is 5.41 Å². The molecule has 0 amide bonds. The van der Waals surface area contributed by atoms with Crippen molar-refractivity contribution in [2.24, 2.45) is 0 Å². The summed E-state index contributed by atoms with van der Waals surface area (Å²) >= 11 is 8.88. The minimum absolute atomic E-state index is 0.386. The van der Waals surface area contributed by atoms with Crippen molar-refractivity contribution in [2.75, 3.05) is 0 Å². The van der Waals surface area contributed by atoms with Crippen LogP contribution in [-0.2, 0) is 5.41 Å². The number of fused-ring (bicyclic) bond motifs is 3. The van der Waals surface area contributed by atoms with E-state index in [1.54, 1.807) is 0 Å². The fraction of sp³-hybridized carbons (Fsp3) is 0.0769. The Labute approximate surface area is 178 Å². The Morgan fingerprint density at radius 2 is 1.36 bits per heavy atom. The van der Waals surface area contributed by atoms with Gasteiger partial charge in [0.25, 0.3) is 0 Å². The maximum Gasteiger partial charge on any atom is 0.0710 e. The standard InChI is InChI=1S/C26H22S2/c1-3-19(13-12-18(2)27)26(20-14-16-21(28)17-15-20)24-10-6-4-8-22(24)23-9-5-7-11-25(23)26/h3-17,27-28H,2H2,1H3/b13-12-,19-3+. The quantitative estimate of drug-likeness (QED) is 0.336. The predicted molar refractivity (Wildman–Crippen MR) is 126 cm³/mol. The first kappa shape index (κ1) is 18.9. The summed E-state index contributed by atoms with van der Waals surface area (Å²) in [6, 6.07) is 25.9. The van der Waals surface area contributed by atoms with E-state index in [0.717, 1.165) is 9.80 Å². The molecule has 0 aromatic heterocycles. The maximum absolute atomic E-state index is 4.51. The second kappa shape index (κ2) is 7.54. The summed E-state index contributed by atoms with van der Waals surface area (Å²) in [5.41, 5.74) is 7.20. The summed E-state index contributed by atoms with van der Waals surface area (Å²) in [6.45, 7) is 6.02. The molecule has 0 spiro atoms. The average Bonchev–Trinajstić information content (AvgIpc) is 3.01. The van der Waals surface area contributed by atoms with Gasteiger partial charge in [0.2, 0.25) is 0 Å². The third kappa shape index (κ3) is 2.88. The van der Waals surface area contributed by atoms with E-state index in [0.29, 0.717) is 0 Å². The zero-order valence-corrected chi connectivity index (χ0v) is 17.6. The molecule has 0 heterocycles. The Balaban J connectivity index is 2.13. The minimum atomic E-state index is -0.386. The van der Waals surface area contributed by atoms with E-state index in [4.69, 9.17) is 0 Å². The molecule has 0 atom stereocenters. The van der Waals surface area contributed by atoms with Gasteiger partial charge in [0.05, 0.1) is 5.41 Å². The van der Waals surface area contributed by atoms with Gasteiger partial charge in [0.15, 0.2) is 0 Å². The van der Waals surface area contributed by atoms with E-state index < -0.39 is 0 Å². The molecule has 3 aromatic rings. The lowest BCUT2D eigenvalue weighted by atomic mass is 9.67. The lowest BCUT2D eigenvalue weighted by Gasteiger charge is -2.34. The van der Waals surface area contributed by atoms with Crippen LogP contribution in [0.15, 0.2) is 113 Å². The highest BCUT2D eigenvalue weighted by Crippen LogP contribution is 2.56. The molecule has 0 aliphatic heterocycles. The molecule has 3 aromatic carbocycles. The second-order valence-corrected chi connectivity index (χ2v) is 8.05. The smallest absolute Gasteiger partial charge is 0.0710 e.